The van der Waals surface area contributed by atoms with Crippen molar-refractivity contribution in [3.05, 3.63) is 22.8 Å². The Hall–Kier alpha value is -0.370. The van der Waals surface area contributed by atoms with Crippen molar-refractivity contribution in [3.8, 4) is 0 Å². The predicted octanol–water partition coefficient (Wildman–Crippen LogP) is 3.19. The second kappa shape index (κ2) is 6.35. The van der Waals surface area contributed by atoms with Gasteiger partial charge in [-0.15, -0.1) is 11.8 Å². The van der Waals surface area contributed by atoms with E-state index in [-0.39, 0.29) is 0 Å². The van der Waals surface area contributed by atoms with Crippen molar-refractivity contribution in [2.45, 2.75) is 20.3 Å². The van der Waals surface area contributed by atoms with Gasteiger partial charge in [-0.1, -0.05) is 13.0 Å². The number of methoxy groups -OCH3 is 1. The van der Waals surface area contributed by atoms with Crippen molar-refractivity contribution in [3.63, 3.8) is 0 Å². The molecule has 0 amide bonds. The highest BCUT2D eigenvalue weighted by Gasteiger charge is 2.00. The maximum Gasteiger partial charge on any atom is 0.128 e. The Morgan fingerprint density at radius 1 is 1.55 bits per heavy atom. The van der Waals surface area contributed by atoms with Gasteiger partial charge in [0.15, 0.2) is 0 Å². The molecule has 0 unspecified atom stereocenters. The van der Waals surface area contributed by atoms with Gasteiger partial charge in [0.25, 0.3) is 0 Å². The molecule has 0 rings (SSSR count). The highest BCUT2D eigenvalue weighted by atomic mass is 32.2. The third-order valence-corrected chi connectivity index (χ3v) is 2.21. The van der Waals surface area contributed by atoms with E-state index in [0.29, 0.717) is 0 Å². The second-order valence-electron chi connectivity index (χ2n) is 2.04. The zero-order valence-electron chi connectivity index (χ0n) is 7.68. The van der Waals surface area contributed by atoms with Crippen LogP contribution in [0.5, 0.6) is 0 Å². The van der Waals surface area contributed by atoms with Crippen molar-refractivity contribution in [1.82, 2.24) is 0 Å². The molecule has 0 spiro atoms. The molecule has 0 heterocycles. The molecular weight excluding hydrogens is 156 g/mol. The number of hydrogen-bond acceptors (Lipinski definition) is 2. The summed E-state index contributed by atoms with van der Waals surface area (Å²) in [6.07, 6.45) is 7.22. The first-order valence-electron chi connectivity index (χ1n) is 3.74. The largest absolute Gasteiger partial charge is 0.496 e. The zero-order valence-corrected chi connectivity index (χ0v) is 8.49. The van der Waals surface area contributed by atoms with E-state index in [1.807, 2.05) is 6.92 Å². The molecule has 0 aromatic rings. The highest BCUT2D eigenvalue weighted by Crippen LogP contribution is 2.21. The van der Waals surface area contributed by atoms with Crippen LogP contribution in [-0.4, -0.2) is 13.4 Å². The Morgan fingerprint density at radius 3 is 2.45 bits per heavy atom. The molecule has 0 atom stereocenters. The second-order valence-corrected chi connectivity index (χ2v) is 2.89. The van der Waals surface area contributed by atoms with Crippen molar-refractivity contribution >= 4 is 11.8 Å². The number of ether oxygens (including phenoxy) is 1. The third-order valence-electron chi connectivity index (χ3n) is 1.33. The topological polar surface area (TPSA) is 9.23 Å². The lowest BCUT2D eigenvalue weighted by Crippen LogP contribution is -1.88. The zero-order chi connectivity index (χ0) is 8.69. The summed E-state index contributed by atoms with van der Waals surface area (Å²) >= 11 is 1.71. The van der Waals surface area contributed by atoms with Crippen molar-refractivity contribution in [2.75, 3.05) is 13.4 Å². The molecule has 0 saturated carbocycles. The van der Waals surface area contributed by atoms with E-state index in [4.69, 9.17) is 4.74 Å². The van der Waals surface area contributed by atoms with Gasteiger partial charge in [-0.05, 0) is 25.7 Å². The van der Waals surface area contributed by atoms with E-state index in [9.17, 15) is 0 Å². The van der Waals surface area contributed by atoms with Crippen LogP contribution in [0.25, 0.3) is 0 Å². The Bertz CT molecular complexity index is 159. The van der Waals surface area contributed by atoms with Crippen LogP contribution in [-0.2, 0) is 4.74 Å². The first kappa shape index (κ1) is 10.6. The molecule has 11 heavy (non-hydrogen) atoms. The normalized spacial score (nSPS) is 13.5. The van der Waals surface area contributed by atoms with Gasteiger partial charge in [0, 0.05) is 4.91 Å². The molecule has 0 aromatic heterocycles. The minimum Gasteiger partial charge on any atom is -0.496 e. The van der Waals surface area contributed by atoms with Crippen LogP contribution in [0.3, 0.4) is 0 Å². The van der Waals surface area contributed by atoms with Gasteiger partial charge >= 0.3 is 0 Å². The molecule has 0 bridgehead atoms. The quantitative estimate of drug-likeness (QED) is 0.476. The van der Waals surface area contributed by atoms with Crippen LogP contribution < -0.4 is 0 Å². The summed E-state index contributed by atoms with van der Waals surface area (Å²) in [5, 5.41) is 0. The molecule has 0 fully saturated rings. The summed E-state index contributed by atoms with van der Waals surface area (Å²) < 4.78 is 5.21. The van der Waals surface area contributed by atoms with Crippen LogP contribution in [0.2, 0.25) is 0 Å². The van der Waals surface area contributed by atoms with E-state index in [1.165, 1.54) is 4.91 Å². The molecule has 0 aliphatic rings. The summed E-state index contributed by atoms with van der Waals surface area (Å²) in [6, 6.07) is 0. The van der Waals surface area contributed by atoms with E-state index in [0.717, 1.165) is 12.2 Å². The van der Waals surface area contributed by atoms with E-state index >= 15 is 0 Å². The summed E-state index contributed by atoms with van der Waals surface area (Å²) in [5.74, 6) is 0.988. The van der Waals surface area contributed by atoms with Gasteiger partial charge in [-0.2, -0.15) is 0 Å². The van der Waals surface area contributed by atoms with Gasteiger partial charge in [0.2, 0.25) is 0 Å². The Labute approximate surface area is 73.5 Å². The van der Waals surface area contributed by atoms with Gasteiger partial charge in [0.05, 0.1) is 7.11 Å². The van der Waals surface area contributed by atoms with Crippen LogP contribution in [0.1, 0.15) is 20.3 Å². The number of allylic oxidation sites excluding steroid dienone is 2. The van der Waals surface area contributed by atoms with Crippen LogP contribution in [0.4, 0.5) is 0 Å². The van der Waals surface area contributed by atoms with Gasteiger partial charge in [-0.25, -0.2) is 0 Å². The molecular formula is C9H16OS. The minimum absolute atomic E-state index is 0.988. The summed E-state index contributed by atoms with van der Waals surface area (Å²) in [5.41, 5.74) is 0. The van der Waals surface area contributed by atoms with E-state index < -0.39 is 0 Å². The fourth-order valence-corrected chi connectivity index (χ4v) is 1.43. The average molecular weight is 172 g/mol. The number of hydrogen-bond donors (Lipinski definition) is 0. The van der Waals surface area contributed by atoms with E-state index in [2.05, 4.69) is 25.3 Å². The van der Waals surface area contributed by atoms with Crippen molar-refractivity contribution in [2.24, 2.45) is 0 Å². The Morgan fingerprint density at radius 2 is 2.18 bits per heavy atom. The third kappa shape index (κ3) is 3.51. The molecule has 0 radical (unpaired) electrons. The van der Waals surface area contributed by atoms with Gasteiger partial charge in [-0.3, -0.25) is 0 Å². The lowest BCUT2D eigenvalue weighted by molar-refractivity contribution is 0.303. The first-order chi connectivity index (χ1) is 5.29. The molecule has 1 nitrogen and oxygen atoms in total. The molecule has 2 heteroatoms. The predicted molar refractivity (Wildman–Crippen MR) is 52.7 cm³/mol. The van der Waals surface area contributed by atoms with Crippen LogP contribution >= 0.6 is 11.8 Å². The highest BCUT2D eigenvalue weighted by molar-refractivity contribution is 8.02. The lowest BCUT2D eigenvalue weighted by Gasteiger charge is -2.06. The Kier molecular flexibility index (Phi) is 6.13. The number of thioether (sulfide) groups is 1. The molecule has 64 valence electrons. The van der Waals surface area contributed by atoms with Crippen LogP contribution in [0, 0.1) is 0 Å². The Balaban J connectivity index is 4.35. The number of rotatable bonds is 4. The fourth-order valence-electron chi connectivity index (χ4n) is 0.831. The molecule has 0 aliphatic heterocycles. The average Bonchev–Trinajstić information content (AvgIpc) is 2.05. The smallest absolute Gasteiger partial charge is 0.128 e. The molecule has 0 N–H and O–H groups in total. The van der Waals surface area contributed by atoms with Crippen LogP contribution in [0.15, 0.2) is 22.8 Å². The first-order valence-corrected chi connectivity index (χ1v) is 4.97. The fraction of sp³-hybridized carbons (Fsp3) is 0.556. The SMILES string of the molecule is CC=C(SC)C(=CCC)OC. The maximum atomic E-state index is 5.21. The molecule has 0 saturated heterocycles. The monoisotopic (exact) mass is 172 g/mol. The van der Waals surface area contributed by atoms with E-state index in [1.54, 1.807) is 18.9 Å². The summed E-state index contributed by atoms with van der Waals surface area (Å²) in [6.45, 7) is 4.13. The van der Waals surface area contributed by atoms with Gasteiger partial charge < -0.3 is 4.74 Å². The summed E-state index contributed by atoms with van der Waals surface area (Å²) in [4.78, 5) is 1.20. The van der Waals surface area contributed by atoms with Crippen molar-refractivity contribution in [1.29, 1.82) is 0 Å². The molecule has 0 aliphatic carbocycles. The minimum atomic E-state index is 0.988. The lowest BCUT2D eigenvalue weighted by atomic mass is 10.3. The summed E-state index contributed by atoms with van der Waals surface area (Å²) in [7, 11) is 1.71. The standard InChI is InChI=1S/C9H16OS/c1-5-7-8(10-3)9(6-2)11-4/h6-7H,5H2,1-4H3. The maximum absolute atomic E-state index is 5.21. The van der Waals surface area contributed by atoms with Gasteiger partial charge in [0.1, 0.15) is 5.76 Å². The molecule has 0 aromatic carbocycles. The van der Waals surface area contributed by atoms with Crippen molar-refractivity contribution < 1.29 is 4.74 Å².